The van der Waals surface area contributed by atoms with Gasteiger partial charge in [0, 0.05) is 12.2 Å². The van der Waals surface area contributed by atoms with Gasteiger partial charge in [-0.2, -0.15) is 0 Å². The molecule has 0 atom stereocenters. The minimum Gasteiger partial charge on any atom is -0.399 e. The summed E-state index contributed by atoms with van der Waals surface area (Å²) in [5.41, 5.74) is 8.96. The zero-order valence-corrected chi connectivity index (χ0v) is 11.2. The van der Waals surface area contributed by atoms with Gasteiger partial charge in [-0.05, 0) is 35.9 Å². The van der Waals surface area contributed by atoms with Gasteiger partial charge >= 0.3 is 0 Å². The second-order valence-corrected chi connectivity index (χ2v) is 4.87. The highest BCUT2D eigenvalue weighted by atomic mass is 35.5. The number of nitrogens with zero attached hydrogens (tertiary/aromatic N) is 1. The molecule has 0 bridgehead atoms. The fraction of sp³-hybridized carbons (Fsp3) is 0.0714. The number of hydrogen-bond donors (Lipinski definition) is 3. The molecule has 4 nitrogen and oxygen atoms in total. The van der Waals surface area contributed by atoms with Gasteiger partial charge < -0.3 is 16.0 Å². The smallest absolute Gasteiger partial charge is 0.201 e. The van der Waals surface area contributed by atoms with E-state index >= 15 is 0 Å². The third-order valence-electron chi connectivity index (χ3n) is 2.95. The van der Waals surface area contributed by atoms with E-state index in [0.717, 1.165) is 16.6 Å². The van der Waals surface area contributed by atoms with E-state index in [1.54, 1.807) is 18.2 Å². The first-order valence-corrected chi connectivity index (χ1v) is 6.42. The maximum Gasteiger partial charge on any atom is 0.201 e. The van der Waals surface area contributed by atoms with Crippen molar-refractivity contribution in [3.05, 3.63) is 52.8 Å². The number of anilines is 2. The Morgan fingerprint density at radius 3 is 2.90 bits per heavy atom. The topological polar surface area (TPSA) is 66.7 Å². The minimum atomic E-state index is -0.422. The third-order valence-corrected chi connectivity index (χ3v) is 3.24. The van der Waals surface area contributed by atoms with E-state index in [2.05, 4.69) is 15.3 Å². The second kappa shape index (κ2) is 5.02. The van der Waals surface area contributed by atoms with E-state index in [0.29, 0.717) is 18.2 Å². The first kappa shape index (κ1) is 12.7. The van der Waals surface area contributed by atoms with E-state index in [-0.39, 0.29) is 5.02 Å². The second-order valence-electron chi connectivity index (χ2n) is 4.46. The Balaban J connectivity index is 1.77. The maximum atomic E-state index is 13.1. The molecule has 0 unspecified atom stereocenters. The summed E-state index contributed by atoms with van der Waals surface area (Å²) in [5.74, 6) is 0.209. The van der Waals surface area contributed by atoms with Crippen LogP contribution in [0.3, 0.4) is 0 Å². The average molecular weight is 291 g/mol. The van der Waals surface area contributed by atoms with Crippen LogP contribution in [0, 0.1) is 5.82 Å². The van der Waals surface area contributed by atoms with Crippen LogP contribution < -0.4 is 11.1 Å². The van der Waals surface area contributed by atoms with Crippen molar-refractivity contribution >= 4 is 34.3 Å². The molecule has 0 aliphatic rings. The summed E-state index contributed by atoms with van der Waals surface area (Å²) in [7, 11) is 0. The highest BCUT2D eigenvalue weighted by Crippen LogP contribution is 2.19. The third kappa shape index (κ3) is 2.53. The van der Waals surface area contributed by atoms with Gasteiger partial charge in [-0.3, -0.25) is 0 Å². The minimum absolute atomic E-state index is 0.113. The number of hydrogen-bond acceptors (Lipinski definition) is 3. The molecule has 3 rings (SSSR count). The molecule has 0 aliphatic heterocycles. The molecule has 1 heterocycles. The quantitative estimate of drug-likeness (QED) is 0.646. The van der Waals surface area contributed by atoms with Crippen LogP contribution in [0.25, 0.3) is 11.0 Å². The van der Waals surface area contributed by atoms with Crippen LogP contribution in [0.15, 0.2) is 36.4 Å². The fourth-order valence-corrected chi connectivity index (χ4v) is 2.15. The number of rotatable bonds is 3. The van der Waals surface area contributed by atoms with Crippen LogP contribution in [0.2, 0.25) is 5.02 Å². The number of halogens is 2. The number of nitrogens with two attached hydrogens (primary N) is 1. The molecule has 0 radical (unpaired) electrons. The van der Waals surface area contributed by atoms with Crippen molar-refractivity contribution in [2.45, 2.75) is 6.54 Å². The molecule has 2 aromatic carbocycles. The normalized spacial score (nSPS) is 10.9. The van der Waals surface area contributed by atoms with E-state index in [1.807, 2.05) is 12.1 Å². The number of nitrogen functional groups attached to an aromatic ring is 1. The van der Waals surface area contributed by atoms with Gasteiger partial charge in [0.1, 0.15) is 5.82 Å². The van der Waals surface area contributed by atoms with Gasteiger partial charge in [-0.1, -0.05) is 17.7 Å². The van der Waals surface area contributed by atoms with E-state index in [9.17, 15) is 4.39 Å². The highest BCUT2D eigenvalue weighted by molar-refractivity contribution is 6.30. The van der Waals surface area contributed by atoms with Crippen LogP contribution >= 0.6 is 11.6 Å². The van der Waals surface area contributed by atoms with Gasteiger partial charge in [0.2, 0.25) is 5.95 Å². The van der Waals surface area contributed by atoms with Crippen LogP contribution in [-0.4, -0.2) is 9.97 Å². The predicted molar refractivity (Wildman–Crippen MR) is 79.2 cm³/mol. The Bertz CT molecular complexity index is 769. The highest BCUT2D eigenvalue weighted by Gasteiger charge is 2.04. The van der Waals surface area contributed by atoms with Crippen LogP contribution in [0.4, 0.5) is 16.0 Å². The molecule has 4 N–H and O–H groups in total. The van der Waals surface area contributed by atoms with E-state index in [1.165, 1.54) is 6.07 Å². The van der Waals surface area contributed by atoms with Crippen molar-refractivity contribution < 1.29 is 4.39 Å². The molecule has 0 saturated carbocycles. The van der Waals surface area contributed by atoms with Crippen molar-refractivity contribution in [2.24, 2.45) is 0 Å². The number of aromatic amines is 1. The number of fused-ring (bicyclic) bond motifs is 1. The Morgan fingerprint density at radius 1 is 1.25 bits per heavy atom. The first-order valence-electron chi connectivity index (χ1n) is 6.05. The van der Waals surface area contributed by atoms with E-state index < -0.39 is 5.82 Å². The molecule has 3 aromatic rings. The first-order chi connectivity index (χ1) is 9.61. The number of nitrogens with one attached hydrogen (secondary N) is 2. The van der Waals surface area contributed by atoms with Gasteiger partial charge in [-0.25, -0.2) is 9.37 Å². The largest absolute Gasteiger partial charge is 0.399 e. The molecule has 0 saturated heterocycles. The molecule has 102 valence electrons. The lowest BCUT2D eigenvalue weighted by Crippen LogP contribution is -2.01. The molecule has 0 amide bonds. The molecule has 6 heteroatoms. The molecule has 0 spiro atoms. The van der Waals surface area contributed by atoms with Gasteiger partial charge in [0.05, 0.1) is 16.1 Å². The zero-order valence-electron chi connectivity index (χ0n) is 10.5. The van der Waals surface area contributed by atoms with E-state index in [4.69, 9.17) is 17.3 Å². The Hall–Kier alpha value is -2.27. The molecular weight excluding hydrogens is 279 g/mol. The number of benzene rings is 2. The molecule has 20 heavy (non-hydrogen) atoms. The van der Waals surface area contributed by atoms with Gasteiger partial charge in [0.25, 0.3) is 0 Å². The number of H-pyrrole nitrogens is 1. The van der Waals surface area contributed by atoms with Crippen molar-refractivity contribution in [3.8, 4) is 0 Å². The molecular formula is C14H12ClFN4. The fourth-order valence-electron chi connectivity index (χ4n) is 1.95. The lowest BCUT2D eigenvalue weighted by atomic mass is 10.2. The van der Waals surface area contributed by atoms with Crippen LogP contribution in [0.1, 0.15) is 5.56 Å². The lowest BCUT2D eigenvalue weighted by molar-refractivity contribution is 0.627. The summed E-state index contributed by atoms with van der Waals surface area (Å²) in [5, 5.41) is 3.24. The molecule has 0 aliphatic carbocycles. The number of imidazole rings is 1. The Labute approximate surface area is 119 Å². The Morgan fingerprint density at radius 2 is 2.10 bits per heavy atom. The predicted octanol–water partition coefficient (Wildman–Crippen LogP) is 3.55. The van der Waals surface area contributed by atoms with Crippen LogP contribution in [0.5, 0.6) is 0 Å². The monoisotopic (exact) mass is 290 g/mol. The molecule has 0 fully saturated rings. The summed E-state index contributed by atoms with van der Waals surface area (Å²) in [6.45, 7) is 0.495. The van der Waals surface area contributed by atoms with Crippen molar-refractivity contribution in [1.29, 1.82) is 0 Å². The van der Waals surface area contributed by atoms with Gasteiger partial charge in [-0.15, -0.1) is 0 Å². The number of aromatic nitrogens is 2. The average Bonchev–Trinajstić information content (AvgIpc) is 2.82. The van der Waals surface area contributed by atoms with Crippen molar-refractivity contribution in [1.82, 2.24) is 9.97 Å². The SMILES string of the molecule is Nc1ccc2nc(NCc3ccc(F)c(Cl)c3)[nH]c2c1. The summed E-state index contributed by atoms with van der Waals surface area (Å²) in [6, 6.07) is 10.1. The van der Waals surface area contributed by atoms with Crippen molar-refractivity contribution in [2.75, 3.05) is 11.1 Å². The maximum absolute atomic E-state index is 13.1. The lowest BCUT2D eigenvalue weighted by Gasteiger charge is -2.03. The Kier molecular flexibility index (Phi) is 3.20. The summed E-state index contributed by atoms with van der Waals surface area (Å²) in [6.07, 6.45) is 0. The summed E-state index contributed by atoms with van der Waals surface area (Å²) < 4.78 is 13.1. The molecule has 1 aromatic heterocycles. The van der Waals surface area contributed by atoms with Crippen molar-refractivity contribution in [3.63, 3.8) is 0 Å². The summed E-state index contributed by atoms with van der Waals surface area (Å²) >= 11 is 5.74. The van der Waals surface area contributed by atoms with Gasteiger partial charge in [0.15, 0.2) is 0 Å². The summed E-state index contributed by atoms with van der Waals surface area (Å²) in [4.78, 5) is 7.50. The van der Waals surface area contributed by atoms with Crippen LogP contribution in [-0.2, 0) is 6.54 Å². The standard InChI is InChI=1S/C14H12ClFN4/c15-10-5-8(1-3-11(10)16)7-18-14-19-12-4-2-9(17)6-13(12)20-14/h1-6H,7,17H2,(H2,18,19,20). The zero-order chi connectivity index (χ0) is 14.1.